The highest BCUT2D eigenvalue weighted by atomic mass is 16.2. The maximum atomic E-state index is 11.9. The van der Waals surface area contributed by atoms with Gasteiger partial charge in [0.05, 0.1) is 0 Å². The van der Waals surface area contributed by atoms with E-state index in [0.717, 1.165) is 0 Å². The van der Waals surface area contributed by atoms with E-state index in [-0.39, 0.29) is 17.5 Å². The van der Waals surface area contributed by atoms with Gasteiger partial charge >= 0.3 is 0 Å². The lowest BCUT2D eigenvalue weighted by Gasteiger charge is -2.07. The quantitative estimate of drug-likeness (QED) is 0.875. The molecule has 0 spiro atoms. The summed E-state index contributed by atoms with van der Waals surface area (Å²) >= 11 is 0. The zero-order valence-corrected chi connectivity index (χ0v) is 10.3. The number of nitrogens with zero attached hydrogens (tertiary/aromatic N) is 2. The fraction of sp³-hybridized carbons (Fsp3) is 0.0769. The van der Waals surface area contributed by atoms with Crippen molar-refractivity contribution in [3.05, 3.63) is 48.5 Å². The molecule has 1 aromatic heterocycles. The SMILES string of the molecule is CC(=O)Nc1cccc(NC(=O)c2ccncn2)c1. The Morgan fingerprint density at radius 1 is 1.11 bits per heavy atom. The number of aromatic nitrogens is 2. The van der Waals surface area contributed by atoms with Gasteiger partial charge in [-0.25, -0.2) is 9.97 Å². The lowest BCUT2D eigenvalue weighted by molar-refractivity contribution is -0.114. The van der Waals surface area contributed by atoms with Crippen molar-refractivity contribution in [3.63, 3.8) is 0 Å². The van der Waals surface area contributed by atoms with E-state index in [2.05, 4.69) is 20.6 Å². The molecule has 2 N–H and O–H groups in total. The highest BCUT2D eigenvalue weighted by Crippen LogP contribution is 2.15. The van der Waals surface area contributed by atoms with Crippen LogP contribution in [0.3, 0.4) is 0 Å². The van der Waals surface area contributed by atoms with Gasteiger partial charge in [0.25, 0.3) is 5.91 Å². The number of anilines is 2. The molecule has 2 amide bonds. The van der Waals surface area contributed by atoms with E-state index >= 15 is 0 Å². The summed E-state index contributed by atoms with van der Waals surface area (Å²) in [6, 6.07) is 8.39. The van der Waals surface area contributed by atoms with Crippen LogP contribution in [0.4, 0.5) is 11.4 Å². The van der Waals surface area contributed by atoms with Crippen LogP contribution in [0.25, 0.3) is 0 Å². The molecular formula is C13H12N4O2. The van der Waals surface area contributed by atoms with E-state index < -0.39 is 0 Å². The van der Waals surface area contributed by atoms with Crippen molar-refractivity contribution < 1.29 is 9.59 Å². The van der Waals surface area contributed by atoms with E-state index in [1.54, 1.807) is 24.3 Å². The molecule has 0 bridgehead atoms. The Bertz CT molecular complexity index is 599. The number of amides is 2. The van der Waals surface area contributed by atoms with Crippen LogP contribution < -0.4 is 10.6 Å². The molecule has 0 aliphatic rings. The van der Waals surface area contributed by atoms with E-state index in [9.17, 15) is 9.59 Å². The molecule has 1 heterocycles. The molecule has 0 aliphatic carbocycles. The molecule has 0 fully saturated rings. The smallest absolute Gasteiger partial charge is 0.274 e. The van der Waals surface area contributed by atoms with E-state index in [0.29, 0.717) is 11.4 Å². The standard InChI is InChI=1S/C13H12N4O2/c1-9(18)16-10-3-2-4-11(7-10)17-13(19)12-5-6-14-8-15-12/h2-8H,1H3,(H,16,18)(H,17,19). The van der Waals surface area contributed by atoms with Crippen molar-refractivity contribution >= 4 is 23.2 Å². The molecule has 19 heavy (non-hydrogen) atoms. The fourth-order valence-corrected chi connectivity index (χ4v) is 1.50. The summed E-state index contributed by atoms with van der Waals surface area (Å²) in [6.45, 7) is 1.42. The lowest BCUT2D eigenvalue weighted by atomic mass is 10.2. The molecule has 96 valence electrons. The number of nitrogens with one attached hydrogen (secondary N) is 2. The van der Waals surface area contributed by atoms with Crippen molar-refractivity contribution in [3.8, 4) is 0 Å². The zero-order chi connectivity index (χ0) is 13.7. The molecule has 2 aromatic rings. The number of hydrogen-bond acceptors (Lipinski definition) is 4. The Kier molecular flexibility index (Phi) is 3.82. The van der Waals surface area contributed by atoms with Gasteiger partial charge in [-0.3, -0.25) is 9.59 Å². The van der Waals surface area contributed by atoms with Crippen LogP contribution in [0, 0.1) is 0 Å². The molecule has 0 saturated carbocycles. The maximum absolute atomic E-state index is 11.9. The number of carbonyl (C=O) groups is 2. The van der Waals surface area contributed by atoms with Crippen LogP contribution >= 0.6 is 0 Å². The Morgan fingerprint density at radius 2 is 1.84 bits per heavy atom. The van der Waals surface area contributed by atoms with Crippen molar-refractivity contribution in [2.45, 2.75) is 6.92 Å². The van der Waals surface area contributed by atoms with Gasteiger partial charge in [0.2, 0.25) is 5.91 Å². The third-order valence-corrected chi connectivity index (χ3v) is 2.26. The summed E-state index contributed by atoms with van der Waals surface area (Å²) in [7, 11) is 0. The van der Waals surface area contributed by atoms with Gasteiger partial charge in [0.1, 0.15) is 12.0 Å². The third-order valence-electron chi connectivity index (χ3n) is 2.26. The minimum absolute atomic E-state index is 0.167. The minimum Gasteiger partial charge on any atom is -0.326 e. The zero-order valence-electron chi connectivity index (χ0n) is 10.3. The summed E-state index contributed by atoms with van der Waals surface area (Å²) in [5, 5.41) is 5.33. The van der Waals surface area contributed by atoms with Crippen LogP contribution in [-0.2, 0) is 4.79 Å². The normalized spacial score (nSPS) is 9.74. The van der Waals surface area contributed by atoms with Crippen molar-refractivity contribution in [1.82, 2.24) is 9.97 Å². The second-order valence-corrected chi connectivity index (χ2v) is 3.81. The van der Waals surface area contributed by atoms with Gasteiger partial charge < -0.3 is 10.6 Å². The molecule has 2 rings (SSSR count). The lowest BCUT2D eigenvalue weighted by Crippen LogP contribution is -2.14. The third kappa shape index (κ3) is 3.60. The average molecular weight is 256 g/mol. The summed E-state index contributed by atoms with van der Waals surface area (Å²) in [4.78, 5) is 30.4. The van der Waals surface area contributed by atoms with Crippen molar-refractivity contribution in [2.24, 2.45) is 0 Å². The summed E-state index contributed by atoms with van der Waals surface area (Å²) in [5.74, 6) is -0.498. The predicted molar refractivity (Wildman–Crippen MR) is 70.7 cm³/mol. The van der Waals surface area contributed by atoms with Gasteiger partial charge in [-0.05, 0) is 24.3 Å². The van der Waals surface area contributed by atoms with E-state index in [4.69, 9.17) is 0 Å². The van der Waals surface area contributed by atoms with Crippen LogP contribution in [0.15, 0.2) is 42.9 Å². The first-order valence-electron chi connectivity index (χ1n) is 5.60. The Hall–Kier alpha value is -2.76. The number of benzene rings is 1. The predicted octanol–water partition coefficient (Wildman–Crippen LogP) is 1.69. The van der Waals surface area contributed by atoms with Crippen LogP contribution in [-0.4, -0.2) is 21.8 Å². The molecule has 0 aliphatic heterocycles. The fourth-order valence-electron chi connectivity index (χ4n) is 1.50. The van der Waals surface area contributed by atoms with Gasteiger partial charge in [0, 0.05) is 24.5 Å². The first-order valence-corrected chi connectivity index (χ1v) is 5.60. The Morgan fingerprint density at radius 3 is 2.47 bits per heavy atom. The van der Waals surface area contributed by atoms with Crippen LogP contribution in [0.1, 0.15) is 17.4 Å². The Labute approximate surface area is 109 Å². The number of hydrogen-bond donors (Lipinski definition) is 2. The minimum atomic E-state index is -0.331. The molecule has 0 atom stereocenters. The second kappa shape index (κ2) is 5.72. The first kappa shape index (κ1) is 12.7. The van der Waals surface area contributed by atoms with Gasteiger partial charge in [-0.15, -0.1) is 0 Å². The monoisotopic (exact) mass is 256 g/mol. The summed E-state index contributed by atoms with van der Waals surface area (Å²) < 4.78 is 0. The maximum Gasteiger partial charge on any atom is 0.274 e. The van der Waals surface area contributed by atoms with Gasteiger partial charge in [-0.2, -0.15) is 0 Å². The highest BCUT2D eigenvalue weighted by Gasteiger charge is 2.07. The van der Waals surface area contributed by atoms with Gasteiger partial charge in [0.15, 0.2) is 0 Å². The van der Waals surface area contributed by atoms with Crippen LogP contribution in [0.2, 0.25) is 0 Å². The molecule has 0 radical (unpaired) electrons. The molecule has 0 unspecified atom stereocenters. The largest absolute Gasteiger partial charge is 0.326 e. The number of rotatable bonds is 3. The van der Waals surface area contributed by atoms with Gasteiger partial charge in [-0.1, -0.05) is 6.07 Å². The van der Waals surface area contributed by atoms with E-state index in [1.165, 1.54) is 25.5 Å². The Balaban J connectivity index is 2.11. The second-order valence-electron chi connectivity index (χ2n) is 3.81. The van der Waals surface area contributed by atoms with Crippen molar-refractivity contribution in [2.75, 3.05) is 10.6 Å². The topological polar surface area (TPSA) is 84.0 Å². The summed E-state index contributed by atoms with van der Waals surface area (Å²) in [6.07, 6.45) is 2.80. The molecule has 6 heteroatoms. The molecular weight excluding hydrogens is 244 g/mol. The molecule has 0 saturated heterocycles. The van der Waals surface area contributed by atoms with Crippen LogP contribution in [0.5, 0.6) is 0 Å². The van der Waals surface area contributed by atoms with Crippen molar-refractivity contribution in [1.29, 1.82) is 0 Å². The molecule has 6 nitrogen and oxygen atoms in total. The highest BCUT2D eigenvalue weighted by molar-refractivity contribution is 6.03. The summed E-state index contributed by atoms with van der Waals surface area (Å²) in [5.41, 5.74) is 1.47. The average Bonchev–Trinajstić information content (AvgIpc) is 2.39. The van der Waals surface area contributed by atoms with E-state index in [1.807, 2.05) is 0 Å². The molecule has 1 aromatic carbocycles. The first-order chi connectivity index (χ1) is 9.15. The number of carbonyl (C=O) groups excluding carboxylic acids is 2.